The molecule has 1 heterocycles. The lowest BCUT2D eigenvalue weighted by Crippen LogP contribution is -2.26. The third kappa shape index (κ3) is 4.34. The maximum atomic E-state index is 11.5. The molecule has 1 amide bonds. The summed E-state index contributed by atoms with van der Waals surface area (Å²) >= 11 is 0. The molecule has 0 radical (unpaired) electrons. The average molecular weight is 290 g/mol. The number of ether oxygens (including phenoxy) is 1. The van der Waals surface area contributed by atoms with Crippen molar-refractivity contribution in [2.45, 2.75) is 13.0 Å². The van der Waals surface area contributed by atoms with Crippen molar-refractivity contribution < 1.29 is 23.8 Å². The smallest absolute Gasteiger partial charge is 0.407 e. The second-order valence-electron chi connectivity index (χ2n) is 4.17. The molecule has 0 saturated carbocycles. The lowest BCUT2D eigenvalue weighted by atomic mass is 10.2. The molecule has 1 aromatic heterocycles. The number of amides is 1. The van der Waals surface area contributed by atoms with E-state index in [1.807, 2.05) is 30.3 Å². The summed E-state index contributed by atoms with van der Waals surface area (Å²) < 4.78 is 9.97. The topological polar surface area (TPSA) is 102 Å². The molecule has 0 fully saturated rings. The van der Waals surface area contributed by atoms with E-state index >= 15 is 0 Å². The molecule has 0 aliphatic heterocycles. The summed E-state index contributed by atoms with van der Waals surface area (Å²) in [6.45, 7) is 0.373. The van der Waals surface area contributed by atoms with Crippen molar-refractivity contribution in [3.8, 4) is 0 Å². The molecule has 21 heavy (non-hydrogen) atoms. The molecule has 7 heteroatoms. The number of benzene rings is 1. The number of nitrogens with one attached hydrogen (secondary N) is 1. The molecule has 0 aliphatic rings. The number of rotatable bonds is 6. The van der Waals surface area contributed by atoms with Crippen LogP contribution in [0.25, 0.3) is 0 Å². The van der Waals surface area contributed by atoms with E-state index in [-0.39, 0.29) is 31.0 Å². The van der Waals surface area contributed by atoms with E-state index < -0.39 is 12.1 Å². The summed E-state index contributed by atoms with van der Waals surface area (Å²) in [5.41, 5.74) is 0.741. The average Bonchev–Trinajstić information content (AvgIpc) is 2.95. The fraction of sp³-hybridized carbons (Fsp3) is 0.214. The Morgan fingerprint density at radius 3 is 2.76 bits per heavy atom. The normalized spacial score (nSPS) is 10.1. The van der Waals surface area contributed by atoms with Crippen molar-refractivity contribution in [2.75, 3.05) is 6.54 Å². The van der Waals surface area contributed by atoms with Crippen molar-refractivity contribution in [2.24, 2.45) is 0 Å². The Kier molecular flexibility index (Phi) is 4.92. The fourth-order valence-corrected chi connectivity index (χ4v) is 1.67. The maximum Gasteiger partial charge on any atom is 0.407 e. The van der Waals surface area contributed by atoms with Crippen LogP contribution in [0, 0.1) is 0 Å². The van der Waals surface area contributed by atoms with Gasteiger partial charge in [-0.1, -0.05) is 30.3 Å². The van der Waals surface area contributed by atoms with Crippen LogP contribution in [-0.4, -0.2) is 28.7 Å². The molecule has 0 aliphatic carbocycles. The number of aromatic carboxylic acids is 1. The van der Waals surface area contributed by atoms with Crippen LogP contribution < -0.4 is 5.32 Å². The van der Waals surface area contributed by atoms with E-state index in [4.69, 9.17) is 14.3 Å². The van der Waals surface area contributed by atoms with Gasteiger partial charge in [0, 0.05) is 13.0 Å². The third-order valence-electron chi connectivity index (χ3n) is 2.68. The van der Waals surface area contributed by atoms with Crippen LogP contribution in [0.1, 0.15) is 21.8 Å². The number of hydrogen-bond acceptors (Lipinski definition) is 5. The lowest BCUT2D eigenvalue weighted by molar-refractivity contribution is 0.0689. The predicted molar refractivity (Wildman–Crippen MR) is 71.8 cm³/mol. The fourth-order valence-electron chi connectivity index (χ4n) is 1.67. The SMILES string of the molecule is O=C(NCCc1ocnc1C(=O)O)OCc1ccccc1. The van der Waals surface area contributed by atoms with Gasteiger partial charge in [-0.3, -0.25) is 0 Å². The second kappa shape index (κ2) is 7.09. The van der Waals surface area contributed by atoms with Crippen molar-refractivity contribution in [3.63, 3.8) is 0 Å². The first kappa shape index (κ1) is 14.6. The van der Waals surface area contributed by atoms with Crippen LogP contribution in [0.5, 0.6) is 0 Å². The number of carboxylic acid groups (broad SMARTS) is 1. The number of aromatic nitrogens is 1. The molecule has 2 N–H and O–H groups in total. The van der Waals surface area contributed by atoms with E-state index in [1.165, 1.54) is 0 Å². The molecule has 110 valence electrons. The van der Waals surface area contributed by atoms with Gasteiger partial charge in [-0.2, -0.15) is 0 Å². The molecule has 2 aromatic rings. The summed E-state index contributed by atoms with van der Waals surface area (Å²) in [6, 6.07) is 9.28. The van der Waals surface area contributed by atoms with Crippen molar-refractivity contribution in [1.29, 1.82) is 0 Å². The highest BCUT2D eigenvalue weighted by atomic mass is 16.5. The van der Waals surface area contributed by atoms with Gasteiger partial charge >= 0.3 is 12.1 Å². The van der Waals surface area contributed by atoms with Gasteiger partial charge in [-0.25, -0.2) is 14.6 Å². The van der Waals surface area contributed by atoms with Gasteiger partial charge in [0.25, 0.3) is 0 Å². The van der Waals surface area contributed by atoms with Crippen molar-refractivity contribution in [1.82, 2.24) is 10.3 Å². The number of alkyl carbamates (subject to hydrolysis) is 1. The highest BCUT2D eigenvalue weighted by Crippen LogP contribution is 2.07. The first-order chi connectivity index (χ1) is 10.2. The largest absolute Gasteiger partial charge is 0.476 e. The first-order valence-corrected chi connectivity index (χ1v) is 6.27. The molecule has 1 aromatic carbocycles. The first-order valence-electron chi connectivity index (χ1n) is 6.27. The standard InChI is InChI=1S/C14H14N2O5/c17-13(18)12-11(21-9-16-12)6-7-15-14(19)20-8-10-4-2-1-3-5-10/h1-5,9H,6-8H2,(H,15,19)(H,17,18). The van der Waals surface area contributed by atoms with Crippen LogP contribution in [0.4, 0.5) is 4.79 Å². The van der Waals surface area contributed by atoms with E-state index in [0.717, 1.165) is 12.0 Å². The molecule has 0 spiro atoms. The van der Waals surface area contributed by atoms with E-state index in [0.29, 0.717) is 0 Å². The molecule has 0 bridgehead atoms. The molecule has 0 atom stereocenters. The number of hydrogen-bond donors (Lipinski definition) is 2. The Labute approximate surface area is 120 Å². The van der Waals surface area contributed by atoms with E-state index in [9.17, 15) is 9.59 Å². The van der Waals surface area contributed by atoms with Gasteiger partial charge in [-0.05, 0) is 5.56 Å². The quantitative estimate of drug-likeness (QED) is 0.841. The van der Waals surface area contributed by atoms with Crippen LogP contribution in [0.15, 0.2) is 41.1 Å². The van der Waals surface area contributed by atoms with Crippen LogP contribution in [-0.2, 0) is 17.8 Å². The molecule has 7 nitrogen and oxygen atoms in total. The summed E-state index contributed by atoms with van der Waals surface area (Å²) in [7, 11) is 0. The number of carbonyl (C=O) groups excluding carboxylic acids is 1. The lowest BCUT2D eigenvalue weighted by Gasteiger charge is -2.06. The zero-order valence-corrected chi connectivity index (χ0v) is 11.1. The Bertz CT molecular complexity index is 609. The molecule has 0 unspecified atom stereocenters. The zero-order valence-electron chi connectivity index (χ0n) is 11.1. The Morgan fingerprint density at radius 1 is 1.29 bits per heavy atom. The maximum absolute atomic E-state index is 11.5. The van der Waals surface area contributed by atoms with Crippen LogP contribution in [0.2, 0.25) is 0 Å². The van der Waals surface area contributed by atoms with Gasteiger partial charge in [0.1, 0.15) is 12.4 Å². The molecule has 2 rings (SSSR count). The van der Waals surface area contributed by atoms with E-state index in [2.05, 4.69) is 10.3 Å². The summed E-state index contributed by atoms with van der Waals surface area (Å²) in [4.78, 5) is 25.9. The minimum absolute atomic E-state index is 0.144. The van der Waals surface area contributed by atoms with Crippen molar-refractivity contribution in [3.05, 3.63) is 53.7 Å². The molecular weight excluding hydrogens is 276 g/mol. The number of oxazole rings is 1. The van der Waals surface area contributed by atoms with Crippen LogP contribution >= 0.6 is 0 Å². The van der Waals surface area contributed by atoms with Gasteiger partial charge < -0.3 is 19.6 Å². The number of nitrogens with zero attached hydrogens (tertiary/aromatic N) is 1. The van der Waals surface area contributed by atoms with Crippen molar-refractivity contribution >= 4 is 12.1 Å². The monoisotopic (exact) mass is 290 g/mol. The zero-order chi connectivity index (χ0) is 15.1. The number of carbonyl (C=O) groups is 2. The van der Waals surface area contributed by atoms with Crippen LogP contribution in [0.3, 0.4) is 0 Å². The van der Waals surface area contributed by atoms with Gasteiger partial charge in [0.15, 0.2) is 12.1 Å². The van der Waals surface area contributed by atoms with Gasteiger partial charge in [0.2, 0.25) is 0 Å². The summed E-state index contributed by atoms with van der Waals surface area (Å²) in [5.74, 6) is -0.948. The Morgan fingerprint density at radius 2 is 2.05 bits per heavy atom. The summed E-state index contributed by atoms with van der Waals surface area (Å²) in [5, 5.41) is 11.4. The molecule has 0 saturated heterocycles. The highest BCUT2D eigenvalue weighted by molar-refractivity contribution is 5.86. The predicted octanol–water partition coefficient (Wildman–Crippen LogP) is 1.84. The minimum Gasteiger partial charge on any atom is -0.476 e. The highest BCUT2D eigenvalue weighted by Gasteiger charge is 2.15. The third-order valence-corrected chi connectivity index (χ3v) is 2.68. The minimum atomic E-state index is -1.16. The van der Waals surface area contributed by atoms with E-state index in [1.54, 1.807) is 0 Å². The molecular formula is C14H14N2O5. The second-order valence-corrected chi connectivity index (χ2v) is 4.17. The van der Waals surface area contributed by atoms with Gasteiger partial charge in [-0.15, -0.1) is 0 Å². The number of carboxylic acids is 1. The van der Waals surface area contributed by atoms with Gasteiger partial charge in [0.05, 0.1) is 0 Å². The Balaban J connectivity index is 1.72. The summed E-state index contributed by atoms with van der Waals surface area (Å²) in [6.07, 6.45) is 0.712. The Hall–Kier alpha value is -2.83.